The average Bonchev–Trinajstić information content (AvgIpc) is 2.79. The van der Waals surface area contributed by atoms with E-state index in [9.17, 15) is 0 Å². The number of hydrogen-bond donors (Lipinski definition) is 0. The summed E-state index contributed by atoms with van der Waals surface area (Å²) in [6, 6.07) is 12.0. The fraction of sp³-hybridized carbons (Fsp3) is 0.188. The number of halogens is 3. The Labute approximate surface area is 141 Å². The number of alkyl halides is 1. The van der Waals surface area contributed by atoms with Gasteiger partial charge in [-0.15, -0.1) is 11.6 Å². The van der Waals surface area contributed by atoms with Crippen LogP contribution >= 0.6 is 39.1 Å². The Bertz CT molecular complexity index is 811. The van der Waals surface area contributed by atoms with Gasteiger partial charge in [-0.05, 0) is 58.7 Å². The summed E-state index contributed by atoms with van der Waals surface area (Å²) in [7, 11) is 0. The molecular formula is C16H13BrCl2N2. The van der Waals surface area contributed by atoms with Gasteiger partial charge in [0.15, 0.2) is 0 Å². The van der Waals surface area contributed by atoms with E-state index in [2.05, 4.69) is 50.6 Å². The maximum atomic E-state index is 6.08. The van der Waals surface area contributed by atoms with Crippen molar-refractivity contribution in [1.29, 1.82) is 0 Å². The average molecular weight is 384 g/mol. The van der Waals surface area contributed by atoms with Crippen LogP contribution in [0, 0.1) is 6.92 Å². The fourth-order valence-corrected chi connectivity index (χ4v) is 3.18. The van der Waals surface area contributed by atoms with Crippen molar-refractivity contribution in [2.75, 3.05) is 5.88 Å². The van der Waals surface area contributed by atoms with Crippen molar-refractivity contribution < 1.29 is 0 Å². The Morgan fingerprint density at radius 1 is 1.19 bits per heavy atom. The lowest BCUT2D eigenvalue weighted by atomic mass is 10.2. The number of hydrogen-bond acceptors (Lipinski definition) is 1. The molecule has 0 radical (unpaired) electrons. The van der Waals surface area contributed by atoms with Crippen molar-refractivity contribution in [3.63, 3.8) is 0 Å². The number of nitrogens with zero attached hydrogens (tertiary/aromatic N) is 2. The van der Waals surface area contributed by atoms with Crippen molar-refractivity contribution in [3.05, 3.63) is 57.3 Å². The number of imidazole rings is 1. The van der Waals surface area contributed by atoms with Crippen LogP contribution in [0.3, 0.4) is 0 Å². The van der Waals surface area contributed by atoms with Crippen molar-refractivity contribution in [1.82, 2.24) is 9.55 Å². The quantitative estimate of drug-likeness (QED) is 0.543. The lowest BCUT2D eigenvalue weighted by Crippen LogP contribution is -2.03. The van der Waals surface area contributed by atoms with E-state index < -0.39 is 0 Å². The monoisotopic (exact) mass is 382 g/mol. The minimum Gasteiger partial charge on any atom is -0.295 e. The summed E-state index contributed by atoms with van der Waals surface area (Å²) in [5.74, 6) is 1.47. The van der Waals surface area contributed by atoms with Crippen molar-refractivity contribution in [2.24, 2.45) is 0 Å². The molecule has 0 spiro atoms. The predicted molar refractivity (Wildman–Crippen MR) is 92.9 cm³/mol. The smallest absolute Gasteiger partial charge is 0.115 e. The van der Waals surface area contributed by atoms with Crippen molar-refractivity contribution in [3.8, 4) is 5.69 Å². The van der Waals surface area contributed by atoms with E-state index in [0.29, 0.717) is 17.3 Å². The van der Waals surface area contributed by atoms with E-state index in [-0.39, 0.29) is 0 Å². The van der Waals surface area contributed by atoms with Crippen LogP contribution in [0.1, 0.15) is 11.4 Å². The second-order valence-electron chi connectivity index (χ2n) is 4.89. The maximum absolute atomic E-state index is 6.08. The number of benzene rings is 2. The van der Waals surface area contributed by atoms with Crippen LogP contribution in [0.2, 0.25) is 5.02 Å². The Balaban J connectivity index is 2.33. The minimum atomic E-state index is 0.528. The zero-order valence-electron chi connectivity index (χ0n) is 11.4. The summed E-state index contributed by atoms with van der Waals surface area (Å²) in [6.07, 6.45) is 0.703. The summed E-state index contributed by atoms with van der Waals surface area (Å²) in [5.41, 5.74) is 4.18. The second-order valence-corrected chi connectivity index (χ2v) is 6.56. The highest BCUT2D eigenvalue weighted by Crippen LogP contribution is 2.29. The van der Waals surface area contributed by atoms with Gasteiger partial charge in [0.05, 0.1) is 16.7 Å². The highest BCUT2D eigenvalue weighted by molar-refractivity contribution is 9.10. The van der Waals surface area contributed by atoms with Crippen LogP contribution in [0.25, 0.3) is 16.7 Å². The topological polar surface area (TPSA) is 17.8 Å². The predicted octanol–water partition coefficient (Wildman–Crippen LogP) is 5.53. The molecule has 1 aromatic heterocycles. The third kappa shape index (κ3) is 2.83. The van der Waals surface area contributed by atoms with Gasteiger partial charge in [-0.1, -0.05) is 17.7 Å². The molecule has 3 rings (SSSR count). The van der Waals surface area contributed by atoms with Gasteiger partial charge >= 0.3 is 0 Å². The first-order chi connectivity index (χ1) is 10.1. The molecule has 0 bridgehead atoms. The first kappa shape index (κ1) is 14.9. The summed E-state index contributed by atoms with van der Waals surface area (Å²) >= 11 is 15.6. The molecule has 0 N–H and O–H groups in total. The van der Waals surface area contributed by atoms with Crippen molar-refractivity contribution in [2.45, 2.75) is 13.3 Å². The Morgan fingerprint density at radius 2 is 2.00 bits per heavy atom. The van der Waals surface area contributed by atoms with E-state index in [1.165, 1.54) is 5.56 Å². The first-order valence-corrected chi connectivity index (χ1v) is 8.30. The Hall–Kier alpha value is -1.03. The van der Waals surface area contributed by atoms with E-state index in [4.69, 9.17) is 23.2 Å². The largest absolute Gasteiger partial charge is 0.295 e. The van der Waals surface area contributed by atoms with Gasteiger partial charge in [0, 0.05) is 21.8 Å². The van der Waals surface area contributed by atoms with Gasteiger partial charge in [-0.25, -0.2) is 4.98 Å². The summed E-state index contributed by atoms with van der Waals surface area (Å²) < 4.78 is 3.17. The third-order valence-electron chi connectivity index (χ3n) is 3.35. The summed E-state index contributed by atoms with van der Waals surface area (Å²) in [5, 5.41) is 0.688. The van der Waals surface area contributed by atoms with Crippen LogP contribution in [-0.4, -0.2) is 15.4 Å². The van der Waals surface area contributed by atoms with Gasteiger partial charge < -0.3 is 0 Å². The SMILES string of the molecule is Cc1ccc(Br)c(-n2c(CCCl)nc3cc(Cl)ccc32)c1. The molecule has 0 saturated carbocycles. The molecule has 0 aliphatic carbocycles. The molecule has 108 valence electrons. The van der Waals surface area contributed by atoms with Crippen LogP contribution in [0.5, 0.6) is 0 Å². The van der Waals surface area contributed by atoms with Gasteiger partial charge in [0.2, 0.25) is 0 Å². The normalized spacial score (nSPS) is 11.2. The highest BCUT2D eigenvalue weighted by Gasteiger charge is 2.14. The standard InChI is InChI=1S/C16H13BrCl2N2/c1-10-2-4-12(17)15(8-10)21-14-5-3-11(19)9-13(14)20-16(21)6-7-18/h2-5,8-9H,6-7H2,1H3. The molecule has 0 fully saturated rings. The Kier molecular flexibility index (Phi) is 4.25. The lowest BCUT2D eigenvalue weighted by molar-refractivity contribution is 0.908. The molecule has 1 heterocycles. The summed E-state index contributed by atoms with van der Waals surface area (Å²) in [4.78, 5) is 4.68. The van der Waals surface area contributed by atoms with Gasteiger partial charge in [0.1, 0.15) is 5.82 Å². The Morgan fingerprint density at radius 3 is 2.76 bits per heavy atom. The molecule has 0 unspecified atom stereocenters. The van der Waals surface area contributed by atoms with Crippen molar-refractivity contribution >= 4 is 50.2 Å². The van der Waals surface area contributed by atoms with E-state index in [1.54, 1.807) is 0 Å². The number of fused-ring (bicyclic) bond motifs is 1. The minimum absolute atomic E-state index is 0.528. The lowest BCUT2D eigenvalue weighted by Gasteiger charge is -2.11. The van der Waals surface area contributed by atoms with Crippen LogP contribution in [0.4, 0.5) is 0 Å². The summed E-state index contributed by atoms with van der Waals surface area (Å²) in [6.45, 7) is 2.08. The van der Waals surface area contributed by atoms with E-state index >= 15 is 0 Å². The third-order valence-corrected chi connectivity index (χ3v) is 4.44. The molecule has 0 aliphatic heterocycles. The zero-order chi connectivity index (χ0) is 15.0. The molecule has 0 aliphatic rings. The van der Waals surface area contributed by atoms with Crippen LogP contribution in [0.15, 0.2) is 40.9 Å². The molecule has 5 heteroatoms. The number of rotatable bonds is 3. The molecule has 0 amide bonds. The van der Waals surface area contributed by atoms with Gasteiger partial charge in [-0.2, -0.15) is 0 Å². The van der Waals surface area contributed by atoms with E-state index in [0.717, 1.165) is 27.0 Å². The zero-order valence-corrected chi connectivity index (χ0v) is 14.5. The molecule has 2 nitrogen and oxygen atoms in total. The number of aromatic nitrogens is 2. The van der Waals surface area contributed by atoms with Crippen LogP contribution in [-0.2, 0) is 6.42 Å². The van der Waals surface area contributed by atoms with Gasteiger partial charge in [-0.3, -0.25) is 4.57 Å². The molecule has 3 aromatic rings. The van der Waals surface area contributed by atoms with Crippen LogP contribution < -0.4 is 0 Å². The molecule has 0 atom stereocenters. The molecule has 21 heavy (non-hydrogen) atoms. The van der Waals surface area contributed by atoms with E-state index in [1.807, 2.05) is 18.2 Å². The maximum Gasteiger partial charge on any atom is 0.115 e. The van der Waals surface area contributed by atoms with Gasteiger partial charge in [0.25, 0.3) is 0 Å². The first-order valence-electron chi connectivity index (χ1n) is 6.59. The second kappa shape index (κ2) is 5.99. The molecule has 0 saturated heterocycles. The molecule has 2 aromatic carbocycles. The highest BCUT2D eigenvalue weighted by atomic mass is 79.9. The number of aryl methyl sites for hydroxylation is 2. The fourth-order valence-electron chi connectivity index (χ4n) is 2.42. The molecular weight excluding hydrogens is 371 g/mol.